The van der Waals surface area contributed by atoms with Crippen molar-refractivity contribution >= 4 is 6.09 Å². The van der Waals surface area contributed by atoms with Gasteiger partial charge in [0.25, 0.3) is 0 Å². The van der Waals surface area contributed by atoms with E-state index in [2.05, 4.69) is 34.9 Å². The Morgan fingerprint density at radius 1 is 0.962 bits per heavy atom. The Labute approximate surface area is 154 Å². The number of alkyl carbamates (subject to hydrolysis) is 1. The molecule has 0 radical (unpaired) electrons. The number of hydrogen-bond donors (Lipinski definition) is 2. The third-order valence-electron chi connectivity index (χ3n) is 4.57. The minimum Gasteiger partial charge on any atom is -0.445 e. The van der Waals surface area contributed by atoms with Gasteiger partial charge in [-0.3, -0.25) is 0 Å². The van der Waals surface area contributed by atoms with Crippen LogP contribution in [0.2, 0.25) is 0 Å². The molecule has 2 aromatic carbocycles. The SMILES string of the molecule is COCc1cccc(CNC2CC(NC(=O)OCc3ccccc3)C2)c1. The van der Waals surface area contributed by atoms with Gasteiger partial charge in [0.05, 0.1) is 6.61 Å². The summed E-state index contributed by atoms with van der Waals surface area (Å²) in [6, 6.07) is 18.7. The highest BCUT2D eigenvalue weighted by Crippen LogP contribution is 2.21. The molecule has 5 heteroatoms. The summed E-state index contributed by atoms with van der Waals surface area (Å²) in [5.41, 5.74) is 3.42. The van der Waals surface area contributed by atoms with E-state index in [1.807, 2.05) is 30.3 Å². The number of rotatable bonds is 8. The molecule has 2 N–H and O–H groups in total. The fourth-order valence-corrected chi connectivity index (χ4v) is 3.09. The molecule has 1 aliphatic rings. The van der Waals surface area contributed by atoms with Crippen LogP contribution >= 0.6 is 0 Å². The Hall–Kier alpha value is -2.37. The summed E-state index contributed by atoms with van der Waals surface area (Å²) < 4.78 is 10.4. The lowest BCUT2D eigenvalue weighted by Crippen LogP contribution is -2.52. The fraction of sp³-hybridized carbons (Fsp3) is 0.381. The van der Waals surface area contributed by atoms with Crippen molar-refractivity contribution in [2.45, 2.75) is 44.7 Å². The van der Waals surface area contributed by atoms with E-state index < -0.39 is 0 Å². The van der Waals surface area contributed by atoms with Gasteiger partial charge in [-0.05, 0) is 29.5 Å². The highest BCUT2D eigenvalue weighted by molar-refractivity contribution is 5.67. The van der Waals surface area contributed by atoms with Crippen LogP contribution in [0.1, 0.15) is 29.5 Å². The minimum absolute atomic E-state index is 0.190. The lowest BCUT2D eigenvalue weighted by Gasteiger charge is -2.36. The molecule has 2 aromatic rings. The van der Waals surface area contributed by atoms with Crippen molar-refractivity contribution in [1.82, 2.24) is 10.6 Å². The van der Waals surface area contributed by atoms with Crippen molar-refractivity contribution in [3.8, 4) is 0 Å². The van der Waals surface area contributed by atoms with Gasteiger partial charge in [-0.15, -0.1) is 0 Å². The zero-order chi connectivity index (χ0) is 18.2. The fourth-order valence-electron chi connectivity index (χ4n) is 3.09. The van der Waals surface area contributed by atoms with E-state index in [1.165, 1.54) is 11.1 Å². The molecule has 0 unspecified atom stereocenters. The van der Waals surface area contributed by atoms with Crippen LogP contribution in [0.25, 0.3) is 0 Å². The molecular weight excluding hydrogens is 328 g/mol. The van der Waals surface area contributed by atoms with Crippen LogP contribution in [0.3, 0.4) is 0 Å². The smallest absolute Gasteiger partial charge is 0.407 e. The molecule has 0 spiro atoms. The molecule has 138 valence electrons. The number of carbonyl (C=O) groups excluding carboxylic acids is 1. The lowest BCUT2D eigenvalue weighted by molar-refractivity contribution is 0.125. The van der Waals surface area contributed by atoms with Gasteiger partial charge in [-0.1, -0.05) is 54.6 Å². The number of amides is 1. The second-order valence-corrected chi connectivity index (χ2v) is 6.71. The number of carbonyl (C=O) groups is 1. The molecule has 1 saturated carbocycles. The zero-order valence-corrected chi connectivity index (χ0v) is 15.1. The van der Waals surface area contributed by atoms with Crippen molar-refractivity contribution in [2.75, 3.05) is 7.11 Å². The van der Waals surface area contributed by atoms with Crippen molar-refractivity contribution in [3.63, 3.8) is 0 Å². The first-order valence-corrected chi connectivity index (χ1v) is 9.00. The van der Waals surface area contributed by atoms with E-state index in [0.717, 1.165) is 24.9 Å². The molecular formula is C21H26N2O3. The van der Waals surface area contributed by atoms with Crippen molar-refractivity contribution in [3.05, 3.63) is 71.3 Å². The van der Waals surface area contributed by atoms with E-state index in [1.54, 1.807) is 7.11 Å². The predicted octanol–water partition coefficient (Wildman–Crippen LogP) is 3.38. The van der Waals surface area contributed by atoms with E-state index in [-0.39, 0.29) is 12.1 Å². The first-order valence-electron chi connectivity index (χ1n) is 9.00. The number of hydrogen-bond acceptors (Lipinski definition) is 4. The molecule has 0 bridgehead atoms. The van der Waals surface area contributed by atoms with Gasteiger partial charge < -0.3 is 20.1 Å². The number of ether oxygens (including phenoxy) is 2. The summed E-state index contributed by atoms with van der Waals surface area (Å²) in [4.78, 5) is 11.8. The average molecular weight is 354 g/mol. The van der Waals surface area contributed by atoms with Gasteiger partial charge in [-0.25, -0.2) is 4.79 Å². The van der Waals surface area contributed by atoms with E-state index in [9.17, 15) is 4.79 Å². The molecule has 1 amide bonds. The first-order chi connectivity index (χ1) is 12.7. The standard InChI is InChI=1S/C21H26N2O3/c1-25-14-18-9-5-8-17(10-18)13-22-19-11-20(12-19)23-21(24)26-15-16-6-3-2-4-7-16/h2-10,19-20,22H,11-15H2,1H3,(H,23,24). The second-order valence-electron chi connectivity index (χ2n) is 6.71. The summed E-state index contributed by atoms with van der Waals surface area (Å²) in [6.07, 6.45) is 1.51. The van der Waals surface area contributed by atoms with Crippen LogP contribution < -0.4 is 10.6 Å². The minimum atomic E-state index is -0.343. The molecule has 0 aliphatic heterocycles. The third kappa shape index (κ3) is 5.58. The normalized spacial score (nSPS) is 18.8. The predicted molar refractivity (Wildman–Crippen MR) is 101 cm³/mol. The molecule has 1 fully saturated rings. The molecule has 0 heterocycles. The monoisotopic (exact) mass is 354 g/mol. The molecule has 3 rings (SSSR count). The Balaban J connectivity index is 1.31. The number of benzene rings is 2. The van der Waals surface area contributed by atoms with Crippen LogP contribution in [0.15, 0.2) is 54.6 Å². The molecule has 1 aliphatic carbocycles. The maximum atomic E-state index is 11.8. The van der Waals surface area contributed by atoms with Crippen LogP contribution in [0.5, 0.6) is 0 Å². The van der Waals surface area contributed by atoms with E-state index in [0.29, 0.717) is 19.3 Å². The van der Waals surface area contributed by atoms with Crippen molar-refractivity contribution in [1.29, 1.82) is 0 Å². The maximum Gasteiger partial charge on any atom is 0.407 e. The van der Waals surface area contributed by atoms with Gasteiger partial charge in [0.2, 0.25) is 0 Å². The Bertz CT molecular complexity index is 699. The first kappa shape index (κ1) is 18.4. The highest BCUT2D eigenvalue weighted by Gasteiger charge is 2.30. The van der Waals surface area contributed by atoms with Crippen LogP contribution in [-0.4, -0.2) is 25.3 Å². The summed E-state index contributed by atoms with van der Waals surface area (Å²) in [6.45, 7) is 1.76. The Morgan fingerprint density at radius 3 is 2.46 bits per heavy atom. The largest absolute Gasteiger partial charge is 0.445 e. The van der Waals surface area contributed by atoms with E-state index >= 15 is 0 Å². The van der Waals surface area contributed by atoms with E-state index in [4.69, 9.17) is 9.47 Å². The van der Waals surface area contributed by atoms with Gasteiger partial charge in [0, 0.05) is 25.7 Å². The van der Waals surface area contributed by atoms with Crippen LogP contribution in [0.4, 0.5) is 4.79 Å². The summed E-state index contributed by atoms with van der Waals surface area (Å²) >= 11 is 0. The van der Waals surface area contributed by atoms with Crippen molar-refractivity contribution in [2.24, 2.45) is 0 Å². The van der Waals surface area contributed by atoms with Gasteiger partial charge in [0.15, 0.2) is 0 Å². The molecule has 0 saturated heterocycles. The third-order valence-corrected chi connectivity index (χ3v) is 4.57. The molecule has 0 atom stereocenters. The van der Waals surface area contributed by atoms with Gasteiger partial charge in [-0.2, -0.15) is 0 Å². The van der Waals surface area contributed by atoms with Crippen LogP contribution in [-0.2, 0) is 29.2 Å². The number of methoxy groups -OCH3 is 1. The number of nitrogens with one attached hydrogen (secondary N) is 2. The molecule has 26 heavy (non-hydrogen) atoms. The highest BCUT2D eigenvalue weighted by atomic mass is 16.5. The maximum absolute atomic E-state index is 11.8. The molecule has 0 aromatic heterocycles. The average Bonchev–Trinajstić information content (AvgIpc) is 2.63. The Morgan fingerprint density at radius 2 is 1.69 bits per heavy atom. The van der Waals surface area contributed by atoms with Gasteiger partial charge >= 0.3 is 6.09 Å². The van der Waals surface area contributed by atoms with Gasteiger partial charge in [0.1, 0.15) is 6.61 Å². The summed E-state index contributed by atoms with van der Waals surface area (Å²) in [5, 5.41) is 6.46. The zero-order valence-electron chi connectivity index (χ0n) is 15.1. The summed E-state index contributed by atoms with van der Waals surface area (Å²) in [7, 11) is 1.71. The summed E-state index contributed by atoms with van der Waals surface area (Å²) in [5.74, 6) is 0. The Kier molecular flexibility index (Phi) is 6.63. The quantitative estimate of drug-likeness (QED) is 0.763. The molecule has 5 nitrogen and oxygen atoms in total. The van der Waals surface area contributed by atoms with Crippen LogP contribution in [0, 0.1) is 0 Å². The lowest BCUT2D eigenvalue weighted by atomic mass is 9.86. The van der Waals surface area contributed by atoms with Crippen molar-refractivity contribution < 1.29 is 14.3 Å². The second kappa shape index (κ2) is 9.36. The topological polar surface area (TPSA) is 59.6 Å².